The maximum atomic E-state index is 13.4. The van der Waals surface area contributed by atoms with Crippen LogP contribution in [0.25, 0.3) is 22.5 Å². The molecule has 0 saturated heterocycles. The SMILES string of the molecule is Cc1ccc2c(n1)Oc1nc(-c3ccc(C(C)(C)O)cc3)ccc1[C@H]2C(C)(C)C(=O)Nc1nncs1.Cc1ccc2c(n1)Oc1nc(-c3ccc(C(C)(C)O)cc3)ccc1[C@H]2C(C)(C)C(=O)O. The molecule has 4 N–H and O–H groups in total. The highest BCUT2D eigenvalue weighted by atomic mass is 32.1. The number of aromatic nitrogens is 6. The number of carbonyl (C=O) groups excluding carboxylic acids is 1. The molecule has 0 radical (unpaired) electrons. The van der Waals surface area contributed by atoms with Crippen LogP contribution in [0.3, 0.4) is 0 Å². The normalized spacial score (nSPS) is 15.3. The van der Waals surface area contributed by atoms with Gasteiger partial charge in [0.15, 0.2) is 0 Å². The van der Waals surface area contributed by atoms with Gasteiger partial charge in [-0.1, -0.05) is 98.0 Å². The lowest BCUT2D eigenvalue weighted by Gasteiger charge is -2.37. The molecule has 15 heteroatoms. The summed E-state index contributed by atoms with van der Waals surface area (Å²) in [5, 5.41) is 41.5. The van der Waals surface area contributed by atoms with Gasteiger partial charge in [-0.05, 0) is 90.8 Å². The van der Waals surface area contributed by atoms with E-state index in [9.17, 15) is 24.9 Å². The summed E-state index contributed by atoms with van der Waals surface area (Å²) in [5.74, 6) is -0.244. The molecule has 0 fully saturated rings. The van der Waals surface area contributed by atoms with Crippen LogP contribution in [0.5, 0.6) is 23.5 Å². The molecule has 67 heavy (non-hydrogen) atoms. The summed E-state index contributed by atoms with van der Waals surface area (Å²) in [6.45, 7) is 18.0. The number of anilines is 1. The van der Waals surface area contributed by atoms with Crippen LogP contribution in [0.4, 0.5) is 5.13 Å². The minimum Gasteiger partial charge on any atom is -0.481 e. The van der Waals surface area contributed by atoms with Crippen LogP contribution >= 0.6 is 11.3 Å². The van der Waals surface area contributed by atoms with Gasteiger partial charge in [-0.2, -0.15) is 0 Å². The van der Waals surface area contributed by atoms with Crippen LogP contribution in [0, 0.1) is 24.7 Å². The van der Waals surface area contributed by atoms with E-state index in [1.165, 1.54) is 11.3 Å². The molecule has 5 aromatic heterocycles. The second-order valence-corrected chi connectivity index (χ2v) is 20.0. The van der Waals surface area contributed by atoms with Gasteiger partial charge in [-0.25, -0.2) is 19.9 Å². The number of hydrogen-bond donors (Lipinski definition) is 4. The quantitative estimate of drug-likeness (QED) is 0.107. The zero-order valence-corrected chi connectivity index (χ0v) is 39.9. The van der Waals surface area contributed by atoms with Crippen molar-refractivity contribution in [1.82, 2.24) is 30.1 Å². The number of amides is 1. The van der Waals surface area contributed by atoms with Crippen LogP contribution < -0.4 is 14.8 Å². The van der Waals surface area contributed by atoms with Crippen molar-refractivity contribution in [3.63, 3.8) is 0 Å². The molecule has 1 amide bonds. The number of carbonyl (C=O) groups is 2. The monoisotopic (exact) mass is 919 g/mol. The number of fused-ring (bicyclic) bond motifs is 4. The molecular weight excluding hydrogens is 867 g/mol. The van der Waals surface area contributed by atoms with Gasteiger partial charge in [0.25, 0.3) is 0 Å². The smallest absolute Gasteiger partial charge is 0.310 e. The fraction of sp³-hybridized carbons (Fsp3) is 0.308. The number of carboxylic acids is 1. The lowest BCUT2D eigenvalue weighted by molar-refractivity contribution is -0.147. The number of ether oxygens (including phenoxy) is 2. The highest BCUT2D eigenvalue weighted by molar-refractivity contribution is 7.13. The molecule has 9 rings (SSSR count). The maximum Gasteiger partial charge on any atom is 0.310 e. The van der Waals surface area contributed by atoms with Crippen molar-refractivity contribution in [2.75, 3.05) is 5.32 Å². The van der Waals surface area contributed by atoms with Crippen molar-refractivity contribution >= 4 is 28.3 Å². The van der Waals surface area contributed by atoms with Crippen molar-refractivity contribution in [1.29, 1.82) is 0 Å². The average molecular weight is 920 g/mol. The van der Waals surface area contributed by atoms with Crippen LogP contribution in [0.2, 0.25) is 0 Å². The van der Waals surface area contributed by atoms with Gasteiger partial charge in [0.1, 0.15) is 5.51 Å². The molecule has 0 unspecified atom stereocenters. The Hall–Kier alpha value is -6.94. The molecule has 0 aliphatic carbocycles. The Morgan fingerprint density at radius 1 is 0.552 bits per heavy atom. The summed E-state index contributed by atoms with van der Waals surface area (Å²) in [4.78, 5) is 44.2. The third-order valence-electron chi connectivity index (χ3n) is 12.4. The Balaban J connectivity index is 0.000000184. The van der Waals surface area contributed by atoms with E-state index in [1.54, 1.807) is 47.1 Å². The molecule has 2 atom stereocenters. The van der Waals surface area contributed by atoms with Crippen molar-refractivity contribution < 1.29 is 34.4 Å². The summed E-state index contributed by atoms with van der Waals surface area (Å²) in [6.07, 6.45) is 0. The Morgan fingerprint density at radius 3 is 1.31 bits per heavy atom. The van der Waals surface area contributed by atoms with Gasteiger partial charge >= 0.3 is 5.97 Å². The first-order valence-corrected chi connectivity index (χ1v) is 22.7. The average Bonchev–Trinajstić information content (AvgIpc) is 3.79. The largest absolute Gasteiger partial charge is 0.481 e. The Bertz CT molecular complexity index is 3000. The van der Waals surface area contributed by atoms with E-state index in [1.807, 2.05) is 125 Å². The Kier molecular flexibility index (Phi) is 12.1. The van der Waals surface area contributed by atoms with Crippen molar-refractivity contribution in [3.05, 3.63) is 147 Å². The molecular formula is C52H53N7O7S. The van der Waals surface area contributed by atoms with Crippen LogP contribution in [-0.2, 0) is 20.8 Å². The topological polar surface area (TPSA) is 203 Å². The van der Waals surface area contributed by atoms with E-state index in [-0.39, 0.29) is 11.8 Å². The fourth-order valence-corrected chi connectivity index (χ4v) is 8.87. The predicted octanol–water partition coefficient (Wildman–Crippen LogP) is 10.5. The van der Waals surface area contributed by atoms with E-state index < -0.39 is 33.9 Å². The molecule has 2 aromatic carbocycles. The number of rotatable bonds is 9. The lowest BCUT2D eigenvalue weighted by atomic mass is 9.70. The number of aliphatic hydroxyl groups is 2. The first-order chi connectivity index (χ1) is 31.5. The standard InChI is InChI=1S/C27H27N5O3S.C25H26N2O4/c1-15-6-11-18-21(26(2,3)24(33)31-25-32-28-14-36-25)19-12-13-20(30-23(19)35-22(18)29-15)16-7-9-17(10-8-16)27(4,5)34;1-14-6-11-17-20(24(2,3)23(28)29)18-12-13-19(27-22(18)31-21(17)26-14)15-7-9-16(10-8-15)25(4,5)30/h6-14,21,34H,1-5H3,(H,31,32,33);6-13,20,30H,1-5H3,(H,28,29)/t21-;20-/m00/s1. The van der Waals surface area contributed by atoms with Crippen molar-refractivity contribution in [2.24, 2.45) is 10.8 Å². The Labute approximate surface area is 393 Å². The van der Waals surface area contributed by atoms with E-state index in [0.29, 0.717) is 34.3 Å². The van der Waals surface area contributed by atoms with E-state index in [2.05, 4.69) is 25.5 Å². The summed E-state index contributed by atoms with van der Waals surface area (Å²) < 4.78 is 12.2. The maximum absolute atomic E-state index is 13.4. The number of hydrogen-bond acceptors (Lipinski definition) is 13. The van der Waals surface area contributed by atoms with Gasteiger partial charge < -0.3 is 30.1 Å². The second kappa shape index (κ2) is 17.4. The number of aliphatic carboxylic acids is 1. The molecule has 0 spiro atoms. The highest BCUT2D eigenvalue weighted by Gasteiger charge is 2.46. The number of benzene rings is 2. The summed E-state index contributed by atoms with van der Waals surface area (Å²) >= 11 is 1.27. The van der Waals surface area contributed by atoms with Gasteiger partial charge in [0.2, 0.25) is 34.6 Å². The van der Waals surface area contributed by atoms with E-state index >= 15 is 0 Å². The molecule has 14 nitrogen and oxygen atoms in total. The highest BCUT2D eigenvalue weighted by Crippen LogP contribution is 2.53. The zero-order valence-electron chi connectivity index (χ0n) is 39.0. The van der Waals surface area contributed by atoms with Crippen molar-refractivity contribution in [3.8, 4) is 46.0 Å². The van der Waals surface area contributed by atoms with E-state index in [0.717, 1.165) is 61.6 Å². The number of aryl methyl sites for hydroxylation is 2. The molecule has 0 saturated carbocycles. The molecule has 2 aliphatic rings. The Morgan fingerprint density at radius 2 is 0.940 bits per heavy atom. The molecule has 7 heterocycles. The van der Waals surface area contributed by atoms with Crippen LogP contribution in [-0.4, -0.2) is 57.3 Å². The molecule has 2 aliphatic heterocycles. The lowest BCUT2D eigenvalue weighted by Crippen LogP contribution is -2.38. The third kappa shape index (κ3) is 9.27. The predicted molar refractivity (Wildman–Crippen MR) is 255 cm³/mol. The van der Waals surface area contributed by atoms with E-state index in [4.69, 9.17) is 19.4 Å². The number of nitrogens with zero attached hydrogens (tertiary/aromatic N) is 6. The molecule has 0 bridgehead atoms. The summed E-state index contributed by atoms with van der Waals surface area (Å²) in [5.41, 5.74) is 7.28. The summed E-state index contributed by atoms with van der Waals surface area (Å²) in [6, 6.07) is 30.5. The van der Waals surface area contributed by atoms with Gasteiger partial charge in [0.05, 0.1) is 33.4 Å². The summed E-state index contributed by atoms with van der Waals surface area (Å²) in [7, 11) is 0. The number of pyridine rings is 4. The van der Waals surface area contributed by atoms with Gasteiger partial charge in [0, 0.05) is 56.6 Å². The second-order valence-electron chi connectivity index (χ2n) is 19.2. The molecule has 344 valence electrons. The van der Waals surface area contributed by atoms with Crippen LogP contribution in [0.15, 0.2) is 103 Å². The van der Waals surface area contributed by atoms with Gasteiger partial charge in [-0.3, -0.25) is 9.59 Å². The fourth-order valence-electron chi connectivity index (χ4n) is 8.43. The molecule has 7 aromatic rings. The van der Waals surface area contributed by atoms with Crippen LogP contribution in [0.1, 0.15) is 112 Å². The number of nitrogens with one attached hydrogen (secondary N) is 1. The minimum absolute atomic E-state index is 0.185. The number of carboxylic acid groups (broad SMARTS) is 1. The first-order valence-electron chi connectivity index (χ1n) is 21.8. The third-order valence-corrected chi connectivity index (χ3v) is 13.0. The zero-order chi connectivity index (χ0) is 48.2. The minimum atomic E-state index is -1.08. The first kappa shape index (κ1) is 46.6. The van der Waals surface area contributed by atoms with Crippen molar-refractivity contribution in [2.45, 2.75) is 92.3 Å². The van der Waals surface area contributed by atoms with Gasteiger partial charge in [-0.15, -0.1) is 10.2 Å².